The molecule has 1 amide bonds. The summed E-state index contributed by atoms with van der Waals surface area (Å²) in [4.78, 5) is 11.9. The lowest BCUT2D eigenvalue weighted by Gasteiger charge is -2.35. The Morgan fingerprint density at radius 1 is 1.28 bits per heavy atom. The smallest absolute Gasteiger partial charge is 0.220 e. The van der Waals surface area contributed by atoms with Gasteiger partial charge in [0.1, 0.15) is 0 Å². The molecule has 0 spiro atoms. The quantitative estimate of drug-likeness (QED) is 0.783. The maximum atomic E-state index is 11.9. The number of carbonyl (C=O) groups is 1. The molecule has 0 aliphatic heterocycles. The Balaban J connectivity index is 1.59. The van der Waals surface area contributed by atoms with E-state index in [1.54, 1.807) is 0 Å². The van der Waals surface area contributed by atoms with Crippen molar-refractivity contribution in [2.24, 2.45) is 11.7 Å². The maximum absolute atomic E-state index is 11.9. The molecule has 3 N–H and O–H groups in total. The van der Waals surface area contributed by atoms with E-state index in [1.807, 2.05) is 6.92 Å². The van der Waals surface area contributed by atoms with Gasteiger partial charge in [0.25, 0.3) is 0 Å². The molecule has 2 aliphatic rings. The van der Waals surface area contributed by atoms with E-state index in [1.165, 1.54) is 0 Å². The van der Waals surface area contributed by atoms with Crippen LogP contribution >= 0.6 is 0 Å². The van der Waals surface area contributed by atoms with Crippen molar-refractivity contribution in [3.63, 3.8) is 0 Å². The van der Waals surface area contributed by atoms with Gasteiger partial charge in [0.05, 0.1) is 6.10 Å². The molecule has 4 heteroatoms. The first-order valence-corrected chi connectivity index (χ1v) is 7.34. The number of ether oxygens (including phenoxy) is 1. The molecule has 18 heavy (non-hydrogen) atoms. The predicted molar refractivity (Wildman–Crippen MR) is 71.1 cm³/mol. The van der Waals surface area contributed by atoms with Crippen LogP contribution in [-0.4, -0.2) is 30.7 Å². The number of amides is 1. The molecule has 0 unspecified atom stereocenters. The van der Waals surface area contributed by atoms with Gasteiger partial charge in [-0.15, -0.1) is 0 Å². The molecule has 0 atom stereocenters. The molecule has 0 aromatic rings. The first-order chi connectivity index (χ1) is 8.67. The summed E-state index contributed by atoms with van der Waals surface area (Å²) in [5, 5.41) is 3.15. The molecule has 2 rings (SSSR count). The first-order valence-electron chi connectivity index (χ1n) is 7.34. The highest BCUT2D eigenvalue weighted by molar-refractivity contribution is 5.76. The minimum absolute atomic E-state index is 0.218. The third-order valence-electron chi connectivity index (χ3n) is 4.21. The van der Waals surface area contributed by atoms with E-state index in [2.05, 4.69) is 5.32 Å². The van der Waals surface area contributed by atoms with Crippen molar-refractivity contribution in [2.45, 2.75) is 70.1 Å². The zero-order valence-corrected chi connectivity index (χ0v) is 11.4. The summed E-state index contributed by atoms with van der Waals surface area (Å²) in [6.07, 6.45) is 7.35. The molecular formula is C14H26N2O2. The molecule has 4 nitrogen and oxygen atoms in total. The van der Waals surface area contributed by atoms with Gasteiger partial charge < -0.3 is 15.8 Å². The Hall–Kier alpha value is -0.610. The summed E-state index contributed by atoms with van der Waals surface area (Å²) >= 11 is 0. The van der Waals surface area contributed by atoms with Crippen molar-refractivity contribution in [1.82, 2.24) is 5.32 Å². The summed E-state index contributed by atoms with van der Waals surface area (Å²) in [5.74, 6) is 0.753. The first kappa shape index (κ1) is 13.8. The van der Waals surface area contributed by atoms with Crippen LogP contribution in [0, 0.1) is 5.92 Å². The van der Waals surface area contributed by atoms with E-state index >= 15 is 0 Å². The van der Waals surface area contributed by atoms with Crippen molar-refractivity contribution in [3.05, 3.63) is 0 Å². The third kappa shape index (κ3) is 3.95. The number of nitrogens with two attached hydrogens (primary N) is 1. The fraction of sp³-hybridized carbons (Fsp3) is 0.929. The van der Waals surface area contributed by atoms with Crippen LogP contribution in [0.3, 0.4) is 0 Å². The Morgan fingerprint density at radius 3 is 2.56 bits per heavy atom. The fourth-order valence-corrected chi connectivity index (χ4v) is 3.03. The van der Waals surface area contributed by atoms with Crippen molar-refractivity contribution in [2.75, 3.05) is 6.61 Å². The monoisotopic (exact) mass is 254 g/mol. The second-order valence-corrected chi connectivity index (χ2v) is 5.80. The standard InChI is InChI=1S/C14H26N2O2/c1-2-18-13-7-10(8-13)9-14(17)16-12-5-3-11(15)4-6-12/h10-13H,2-9,15H2,1H3,(H,16,17). The molecule has 0 radical (unpaired) electrons. The van der Waals surface area contributed by atoms with Gasteiger partial charge in [-0.2, -0.15) is 0 Å². The molecule has 2 aliphatic carbocycles. The van der Waals surface area contributed by atoms with Crippen LogP contribution in [0.5, 0.6) is 0 Å². The van der Waals surface area contributed by atoms with Gasteiger partial charge in [0, 0.05) is 25.1 Å². The van der Waals surface area contributed by atoms with E-state index in [4.69, 9.17) is 10.5 Å². The highest BCUT2D eigenvalue weighted by Crippen LogP contribution is 2.32. The topological polar surface area (TPSA) is 64.3 Å². The molecule has 0 saturated heterocycles. The van der Waals surface area contributed by atoms with Gasteiger partial charge in [-0.3, -0.25) is 4.79 Å². The van der Waals surface area contributed by atoms with Crippen molar-refractivity contribution in [1.29, 1.82) is 0 Å². The Kier molecular flexibility index (Phi) is 5.01. The van der Waals surface area contributed by atoms with Gasteiger partial charge in [-0.05, 0) is 51.4 Å². The lowest BCUT2D eigenvalue weighted by Crippen LogP contribution is -2.42. The lowest BCUT2D eigenvalue weighted by atomic mass is 9.79. The third-order valence-corrected chi connectivity index (χ3v) is 4.21. The minimum atomic E-state index is 0.218. The largest absolute Gasteiger partial charge is 0.378 e. The summed E-state index contributed by atoms with van der Waals surface area (Å²) in [7, 11) is 0. The molecule has 0 aromatic heterocycles. The van der Waals surface area contributed by atoms with Gasteiger partial charge in [0.15, 0.2) is 0 Å². The molecule has 0 heterocycles. The average Bonchev–Trinajstić information content (AvgIpc) is 2.29. The zero-order chi connectivity index (χ0) is 13.0. The second-order valence-electron chi connectivity index (χ2n) is 5.80. The van der Waals surface area contributed by atoms with Crippen LogP contribution < -0.4 is 11.1 Å². The highest BCUT2D eigenvalue weighted by Gasteiger charge is 2.31. The van der Waals surface area contributed by atoms with Crippen molar-refractivity contribution in [3.8, 4) is 0 Å². The normalized spacial score (nSPS) is 35.9. The van der Waals surface area contributed by atoms with Gasteiger partial charge >= 0.3 is 0 Å². The summed E-state index contributed by atoms with van der Waals surface area (Å²) in [6.45, 7) is 2.81. The maximum Gasteiger partial charge on any atom is 0.220 e. The van der Waals surface area contributed by atoms with E-state index in [-0.39, 0.29) is 5.91 Å². The Labute approximate surface area is 110 Å². The predicted octanol–water partition coefficient (Wildman–Crippen LogP) is 1.58. The van der Waals surface area contributed by atoms with Crippen LogP contribution in [0.2, 0.25) is 0 Å². The van der Waals surface area contributed by atoms with Crippen LogP contribution in [0.4, 0.5) is 0 Å². The highest BCUT2D eigenvalue weighted by atomic mass is 16.5. The average molecular weight is 254 g/mol. The van der Waals surface area contributed by atoms with Crippen LogP contribution in [0.15, 0.2) is 0 Å². The molecule has 2 saturated carbocycles. The van der Waals surface area contributed by atoms with Crippen LogP contribution in [0.1, 0.15) is 51.9 Å². The van der Waals surface area contributed by atoms with E-state index in [9.17, 15) is 4.79 Å². The van der Waals surface area contributed by atoms with Crippen molar-refractivity contribution >= 4 is 5.91 Å². The van der Waals surface area contributed by atoms with E-state index < -0.39 is 0 Å². The Morgan fingerprint density at radius 2 is 1.94 bits per heavy atom. The number of hydrogen-bond donors (Lipinski definition) is 2. The molecular weight excluding hydrogens is 228 g/mol. The zero-order valence-electron chi connectivity index (χ0n) is 11.4. The van der Waals surface area contributed by atoms with Gasteiger partial charge in [0.2, 0.25) is 5.91 Å². The number of hydrogen-bond acceptors (Lipinski definition) is 3. The summed E-state index contributed by atoms with van der Waals surface area (Å²) < 4.78 is 5.51. The summed E-state index contributed by atoms with van der Waals surface area (Å²) in [6, 6.07) is 0.705. The fourth-order valence-electron chi connectivity index (χ4n) is 3.03. The molecule has 0 aromatic carbocycles. The molecule has 0 bridgehead atoms. The number of nitrogens with one attached hydrogen (secondary N) is 1. The Bertz CT molecular complexity index is 269. The summed E-state index contributed by atoms with van der Waals surface area (Å²) in [5.41, 5.74) is 5.86. The number of carbonyl (C=O) groups excluding carboxylic acids is 1. The van der Waals surface area contributed by atoms with Crippen LogP contribution in [0.25, 0.3) is 0 Å². The van der Waals surface area contributed by atoms with Gasteiger partial charge in [-0.25, -0.2) is 0 Å². The SMILES string of the molecule is CCOC1CC(CC(=O)NC2CCC(N)CC2)C1. The van der Waals surface area contributed by atoms with Gasteiger partial charge in [-0.1, -0.05) is 0 Å². The second kappa shape index (κ2) is 6.53. The lowest BCUT2D eigenvalue weighted by molar-refractivity contribution is -0.125. The minimum Gasteiger partial charge on any atom is -0.378 e. The van der Waals surface area contributed by atoms with E-state index in [0.717, 1.165) is 45.1 Å². The van der Waals surface area contributed by atoms with E-state index in [0.29, 0.717) is 30.5 Å². The number of rotatable bonds is 5. The van der Waals surface area contributed by atoms with Crippen molar-refractivity contribution < 1.29 is 9.53 Å². The molecule has 104 valence electrons. The molecule has 2 fully saturated rings. The van der Waals surface area contributed by atoms with Crippen LogP contribution in [-0.2, 0) is 9.53 Å².